The van der Waals surface area contributed by atoms with E-state index < -0.39 is 0 Å². The van der Waals surface area contributed by atoms with Crippen LogP contribution in [-0.4, -0.2) is 11.8 Å². The van der Waals surface area contributed by atoms with Crippen LogP contribution in [0.2, 0.25) is 0 Å². The van der Waals surface area contributed by atoms with Crippen molar-refractivity contribution in [1.29, 1.82) is 0 Å². The number of benzene rings is 1. The van der Waals surface area contributed by atoms with Crippen LogP contribution in [-0.2, 0) is 4.79 Å². The summed E-state index contributed by atoms with van der Waals surface area (Å²) in [6.45, 7) is 2.05. The Bertz CT molecular complexity index is 339. The van der Waals surface area contributed by atoms with E-state index in [0.29, 0.717) is 12.3 Å². The topological polar surface area (TPSA) is 29.1 Å². The maximum Gasteiger partial charge on any atom is 0.221 e. The lowest BCUT2D eigenvalue weighted by molar-refractivity contribution is -0.121. The Kier molecular flexibility index (Phi) is 5.85. The Labute approximate surface area is 110 Å². The number of rotatable bonds is 5. The van der Waals surface area contributed by atoms with Crippen molar-refractivity contribution in [1.82, 2.24) is 5.32 Å². The van der Waals surface area contributed by atoms with Crippen LogP contribution in [0.3, 0.4) is 0 Å². The first kappa shape index (κ1) is 13.5. The molecule has 16 heavy (non-hydrogen) atoms. The van der Waals surface area contributed by atoms with Crippen LogP contribution < -0.4 is 5.32 Å². The van der Waals surface area contributed by atoms with Gasteiger partial charge in [0.15, 0.2) is 0 Å². The second kappa shape index (κ2) is 6.92. The largest absolute Gasteiger partial charge is 0.349 e. The van der Waals surface area contributed by atoms with Gasteiger partial charge in [0, 0.05) is 16.8 Å². The van der Waals surface area contributed by atoms with Crippen molar-refractivity contribution in [3.05, 3.63) is 34.3 Å². The van der Waals surface area contributed by atoms with Crippen molar-refractivity contribution in [2.75, 3.05) is 5.88 Å². The number of carbonyl (C=O) groups excluding carboxylic acids is 1. The number of alkyl halides is 1. The molecule has 0 aliphatic heterocycles. The van der Waals surface area contributed by atoms with E-state index in [2.05, 4.69) is 21.2 Å². The van der Waals surface area contributed by atoms with E-state index >= 15 is 0 Å². The van der Waals surface area contributed by atoms with Crippen molar-refractivity contribution in [2.45, 2.75) is 25.8 Å². The molecule has 0 bridgehead atoms. The zero-order valence-corrected chi connectivity index (χ0v) is 11.5. The van der Waals surface area contributed by atoms with Crippen LogP contribution in [0.5, 0.6) is 0 Å². The third kappa shape index (κ3) is 4.14. The maximum atomic E-state index is 11.4. The first-order chi connectivity index (χ1) is 7.67. The van der Waals surface area contributed by atoms with Gasteiger partial charge in [-0.15, -0.1) is 11.6 Å². The van der Waals surface area contributed by atoms with Crippen molar-refractivity contribution < 1.29 is 4.79 Å². The van der Waals surface area contributed by atoms with Gasteiger partial charge in [-0.2, -0.15) is 0 Å². The second-order valence-corrected chi connectivity index (χ2v) is 4.81. The summed E-state index contributed by atoms with van der Waals surface area (Å²) < 4.78 is 1.04. The molecule has 0 heterocycles. The van der Waals surface area contributed by atoms with Gasteiger partial charge in [-0.3, -0.25) is 4.79 Å². The molecule has 1 N–H and O–H groups in total. The third-order valence-electron chi connectivity index (χ3n) is 2.34. The van der Waals surface area contributed by atoms with Crippen molar-refractivity contribution in [2.24, 2.45) is 0 Å². The van der Waals surface area contributed by atoms with Gasteiger partial charge in [0.2, 0.25) is 5.91 Å². The van der Waals surface area contributed by atoms with E-state index in [1.54, 1.807) is 0 Å². The van der Waals surface area contributed by atoms with Crippen molar-refractivity contribution >= 4 is 33.4 Å². The first-order valence-electron chi connectivity index (χ1n) is 5.28. The highest BCUT2D eigenvalue weighted by molar-refractivity contribution is 9.10. The van der Waals surface area contributed by atoms with E-state index in [1.165, 1.54) is 0 Å². The van der Waals surface area contributed by atoms with E-state index in [9.17, 15) is 4.79 Å². The summed E-state index contributed by atoms with van der Waals surface area (Å²) in [6, 6.07) is 8.05. The molecule has 0 spiro atoms. The number of nitrogens with one attached hydrogen (secondary N) is 1. The summed E-state index contributed by atoms with van der Waals surface area (Å²) in [6.07, 6.45) is 1.24. The highest BCUT2D eigenvalue weighted by Crippen LogP contribution is 2.19. The molecule has 1 atom stereocenters. The quantitative estimate of drug-likeness (QED) is 0.827. The van der Waals surface area contributed by atoms with E-state index in [-0.39, 0.29) is 11.9 Å². The molecule has 1 aromatic carbocycles. The predicted molar refractivity (Wildman–Crippen MR) is 70.7 cm³/mol. The number of amides is 1. The number of halogens is 2. The van der Waals surface area contributed by atoms with Crippen LogP contribution in [0.1, 0.15) is 31.4 Å². The predicted octanol–water partition coefficient (Wildman–Crippen LogP) is 3.65. The van der Waals surface area contributed by atoms with Gasteiger partial charge in [-0.05, 0) is 24.1 Å². The lowest BCUT2D eigenvalue weighted by Gasteiger charge is -2.17. The van der Waals surface area contributed by atoms with Gasteiger partial charge in [-0.1, -0.05) is 35.0 Å². The number of hydrogen-bond donors (Lipinski definition) is 1. The fraction of sp³-hybridized carbons (Fsp3) is 0.417. The molecule has 1 amide bonds. The Balaban J connectivity index is 2.67. The van der Waals surface area contributed by atoms with Gasteiger partial charge in [0.25, 0.3) is 0 Å². The van der Waals surface area contributed by atoms with Crippen LogP contribution >= 0.6 is 27.5 Å². The minimum Gasteiger partial charge on any atom is -0.349 e. The molecule has 0 aromatic heterocycles. The molecular weight excluding hydrogens is 289 g/mol. The Morgan fingerprint density at radius 1 is 1.44 bits per heavy atom. The van der Waals surface area contributed by atoms with Crippen LogP contribution in [0.25, 0.3) is 0 Å². The van der Waals surface area contributed by atoms with Gasteiger partial charge in [0.05, 0.1) is 6.04 Å². The van der Waals surface area contributed by atoms with E-state index in [1.807, 2.05) is 31.2 Å². The molecule has 0 aliphatic rings. The van der Waals surface area contributed by atoms with Gasteiger partial charge in [-0.25, -0.2) is 0 Å². The first-order valence-corrected chi connectivity index (χ1v) is 6.61. The highest BCUT2D eigenvalue weighted by Gasteiger charge is 2.11. The fourth-order valence-electron chi connectivity index (χ4n) is 1.47. The summed E-state index contributed by atoms with van der Waals surface area (Å²) in [5.74, 6) is 0.368. The molecule has 1 aromatic rings. The summed E-state index contributed by atoms with van der Waals surface area (Å²) in [5, 5.41) is 2.96. The van der Waals surface area contributed by atoms with Gasteiger partial charge < -0.3 is 5.32 Å². The molecule has 0 saturated carbocycles. The highest BCUT2D eigenvalue weighted by atomic mass is 79.9. The van der Waals surface area contributed by atoms with Crippen molar-refractivity contribution in [3.8, 4) is 0 Å². The zero-order valence-electron chi connectivity index (χ0n) is 9.17. The van der Waals surface area contributed by atoms with Gasteiger partial charge >= 0.3 is 0 Å². The van der Waals surface area contributed by atoms with Crippen molar-refractivity contribution in [3.63, 3.8) is 0 Å². The monoisotopic (exact) mass is 303 g/mol. The summed E-state index contributed by atoms with van der Waals surface area (Å²) >= 11 is 8.91. The molecule has 2 nitrogen and oxygen atoms in total. The normalized spacial score (nSPS) is 12.2. The smallest absolute Gasteiger partial charge is 0.221 e. The lowest BCUT2D eigenvalue weighted by Crippen LogP contribution is -2.28. The summed E-state index contributed by atoms with van der Waals surface area (Å²) in [4.78, 5) is 11.4. The minimum absolute atomic E-state index is 0.00442. The molecule has 88 valence electrons. The number of hydrogen-bond acceptors (Lipinski definition) is 1. The molecule has 0 fully saturated rings. The molecule has 4 heteroatoms. The van der Waals surface area contributed by atoms with Gasteiger partial charge in [0.1, 0.15) is 0 Å². The Morgan fingerprint density at radius 2 is 2.06 bits per heavy atom. The summed E-state index contributed by atoms with van der Waals surface area (Å²) in [5.41, 5.74) is 1.12. The molecule has 0 aliphatic carbocycles. The second-order valence-electron chi connectivity index (χ2n) is 3.52. The molecule has 0 saturated heterocycles. The molecular formula is C12H15BrClNO. The van der Waals surface area contributed by atoms with Crippen LogP contribution in [0.4, 0.5) is 0 Å². The maximum absolute atomic E-state index is 11.4. The summed E-state index contributed by atoms with van der Waals surface area (Å²) in [7, 11) is 0. The molecule has 0 radical (unpaired) electrons. The minimum atomic E-state index is 0.00442. The average molecular weight is 305 g/mol. The molecule has 1 rings (SSSR count). The Hall–Kier alpha value is -0.540. The van der Waals surface area contributed by atoms with E-state index in [4.69, 9.17) is 11.6 Å². The van der Waals surface area contributed by atoms with Crippen LogP contribution in [0, 0.1) is 0 Å². The number of carbonyl (C=O) groups is 1. The van der Waals surface area contributed by atoms with Crippen LogP contribution in [0.15, 0.2) is 28.7 Å². The average Bonchev–Trinajstić information content (AvgIpc) is 2.27. The zero-order chi connectivity index (χ0) is 12.0. The third-order valence-corrected chi connectivity index (χ3v) is 3.06. The fourth-order valence-corrected chi connectivity index (χ4v) is 1.90. The van der Waals surface area contributed by atoms with E-state index in [0.717, 1.165) is 16.5 Å². The standard InChI is InChI=1S/C12H15BrClNO/c1-2-11(15-12(16)7-8-14)9-3-5-10(13)6-4-9/h3-6,11H,2,7-8H2,1H3,(H,15,16). The SMILES string of the molecule is CCC(NC(=O)CCCl)c1ccc(Br)cc1. The lowest BCUT2D eigenvalue weighted by atomic mass is 10.0. The molecule has 1 unspecified atom stereocenters. The Morgan fingerprint density at radius 3 is 2.56 bits per heavy atom.